The number of carbonyl (C=O) groups excluding carboxylic acids is 11. The first-order chi connectivity index (χ1) is 35.8. The smallest absolute Gasteiger partial charge is 0.246 e. The Kier molecular flexibility index (Phi) is 22.5. The fourth-order valence-corrected chi connectivity index (χ4v) is 11.0. The number of guanidine groups is 1. The van der Waals surface area contributed by atoms with E-state index in [4.69, 9.17) is 28.7 Å². The number of carbonyl (C=O) groups is 11. The van der Waals surface area contributed by atoms with Crippen molar-refractivity contribution in [2.24, 2.45) is 33.7 Å². The van der Waals surface area contributed by atoms with Crippen molar-refractivity contribution in [2.75, 3.05) is 44.2 Å². The van der Waals surface area contributed by atoms with Crippen molar-refractivity contribution in [3.63, 3.8) is 0 Å². The molecule has 0 spiro atoms. The quantitative estimate of drug-likeness (QED) is 0.0214. The first-order valence-corrected chi connectivity index (χ1v) is 26.9. The lowest BCUT2D eigenvalue weighted by molar-refractivity contribution is -0.156. The van der Waals surface area contributed by atoms with E-state index in [9.17, 15) is 52.7 Å². The van der Waals surface area contributed by atoms with Crippen molar-refractivity contribution >= 4 is 92.5 Å². The zero-order chi connectivity index (χ0) is 54.6. The molecule has 2 aromatic rings. The van der Waals surface area contributed by atoms with Gasteiger partial charge in [0.2, 0.25) is 65.0 Å². The van der Waals surface area contributed by atoms with Gasteiger partial charge < -0.3 is 70.0 Å². The molecule has 25 nitrogen and oxygen atoms in total. The molecule has 0 radical (unpaired) electrons. The van der Waals surface area contributed by atoms with Crippen molar-refractivity contribution in [3.05, 3.63) is 71.8 Å². The average Bonchev–Trinajstić information content (AvgIpc) is 3.87. The summed E-state index contributed by atoms with van der Waals surface area (Å²) in [6.07, 6.45) is -0.769. The Bertz CT molecular complexity index is 2430. The standard InChI is InChI=1S/C48H66N14O11S2/c49-37(63)16-15-31-42(68)58-32(25-38(50)64)43(69)59-33(46(72)61-19-8-14-34(61)44(70)56-30(13-7-18-54-48(52)53)41(67)55-26-39(51)65)27-75-74-22-17-40(66)60-20-21-62(47(73)36(60)24-29-11-5-2-6-12-29)35(45(71)57-31)23-28-9-3-1-4-10-28/h1-6,9-12,30-36H,7-8,13-27H2,(H2,49,63)(H2,50,64)(H2,51,65)(H,55,67)(H,56,70)(H,57,71)(H,58,68)(H,59,69)(H4,52,53,54)/t30-,31-,32-,33+,34-,35-,36-/m0/s1. The van der Waals surface area contributed by atoms with E-state index in [0.29, 0.717) is 12.0 Å². The summed E-state index contributed by atoms with van der Waals surface area (Å²) in [4.78, 5) is 158. The van der Waals surface area contributed by atoms with Crippen LogP contribution in [-0.4, -0.2) is 172 Å². The van der Waals surface area contributed by atoms with Gasteiger partial charge in [-0.05, 0) is 43.2 Å². The van der Waals surface area contributed by atoms with Crippen molar-refractivity contribution in [1.29, 1.82) is 0 Å². The fourth-order valence-electron chi connectivity index (χ4n) is 8.87. The van der Waals surface area contributed by atoms with E-state index in [-0.39, 0.29) is 94.5 Å². The Morgan fingerprint density at radius 1 is 0.720 bits per heavy atom. The topological polar surface area (TPSA) is 400 Å². The first-order valence-electron chi connectivity index (χ1n) is 24.4. The number of nitrogens with two attached hydrogens (primary N) is 5. The summed E-state index contributed by atoms with van der Waals surface area (Å²) in [5, 5.41) is 12.7. The summed E-state index contributed by atoms with van der Waals surface area (Å²) in [6.45, 7) is -0.356. The minimum absolute atomic E-state index is 0.0162. The van der Waals surface area contributed by atoms with Crippen LogP contribution in [0, 0.1) is 0 Å². The van der Waals surface area contributed by atoms with Crippen molar-refractivity contribution < 1.29 is 52.7 Å². The molecule has 4 aliphatic heterocycles. The van der Waals surface area contributed by atoms with Gasteiger partial charge in [0.15, 0.2) is 5.96 Å². The third-order valence-corrected chi connectivity index (χ3v) is 15.0. The van der Waals surface area contributed by atoms with Gasteiger partial charge >= 0.3 is 0 Å². The lowest BCUT2D eigenvalue weighted by atomic mass is 9.96. The number of rotatable bonds is 19. The van der Waals surface area contributed by atoms with Crippen LogP contribution in [0.5, 0.6) is 0 Å². The molecule has 4 aliphatic rings. The van der Waals surface area contributed by atoms with Crippen molar-refractivity contribution in [1.82, 2.24) is 41.3 Å². The molecule has 0 aliphatic carbocycles. The maximum atomic E-state index is 14.8. The van der Waals surface area contributed by atoms with Crippen LogP contribution in [0.2, 0.25) is 0 Å². The predicted molar refractivity (Wildman–Crippen MR) is 278 cm³/mol. The maximum Gasteiger partial charge on any atom is 0.246 e. The Morgan fingerprint density at radius 2 is 1.35 bits per heavy atom. The lowest BCUT2D eigenvalue weighted by Crippen LogP contribution is -2.65. The molecule has 0 unspecified atom stereocenters. The highest BCUT2D eigenvalue weighted by atomic mass is 33.1. The number of piperazine rings is 1. The minimum Gasteiger partial charge on any atom is -0.370 e. The molecule has 15 N–H and O–H groups in total. The summed E-state index contributed by atoms with van der Waals surface area (Å²) in [7, 11) is 2.31. The van der Waals surface area contributed by atoms with Crippen LogP contribution in [0.15, 0.2) is 65.7 Å². The summed E-state index contributed by atoms with van der Waals surface area (Å²) in [5.41, 5.74) is 28.6. The second kappa shape index (κ2) is 28.9. The molecular weight excluding hydrogens is 1010 g/mol. The van der Waals surface area contributed by atoms with E-state index in [1.807, 2.05) is 18.2 Å². The van der Waals surface area contributed by atoms with Gasteiger partial charge in [-0.3, -0.25) is 57.7 Å². The maximum absolute atomic E-state index is 14.8. The van der Waals surface area contributed by atoms with Gasteiger partial charge in [-0.25, -0.2) is 0 Å². The molecule has 4 heterocycles. The molecular formula is C48H66N14O11S2. The van der Waals surface area contributed by atoms with Crippen LogP contribution in [0.25, 0.3) is 0 Å². The Balaban J connectivity index is 1.48. The molecule has 4 fully saturated rings. The highest BCUT2D eigenvalue weighted by Crippen LogP contribution is 2.28. The Morgan fingerprint density at radius 3 is 1.97 bits per heavy atom. The monoisotopic (exact) mass is 1080 g/mol. The van der Waals surface area contributed by atoms with Crippen LogP contribution in [0.3, 0.4) is 0 Å². The fraction of sp³-hybridized carbons (Fsp3) is 0.500. The van der Waals surface area contributed by atoms with Crippen LogP contribution < -0.4 is 55.3 Å². The lowest BCUT2D eigenvalue weighted by Gasteiger charge is -2.44. The van der Waals surface area contributed by atoms with Crippen molar-refractivity contribution in [2.45, 2.75) is 107 Å². The second-order valence-corrected chi connectivity index (χ2v) is 20.8. The van der Waals surface area contributed by atoms with Gasteiger partial charge in [0.05, 0.1) is 13.0 Å². The number of nitrogens with zero attached hydrogens (tertiary/aromatic N) is 4. The second-order valence-electron chi connectivity index (χ2n) is 18.1. The normalized spacial score (nSPS) is 22.5. The largest absolute Gasteiger partial charge is 0.370 e. The third kappa shape index (κ3) is 17.9. The Labute approximate surface area is 441 Å². The number of fused-ring (bicyclic) bond motifs is 17. The predicted octanol–water partition coefficient (Wildman–Crippen LogP) is -3.61. The number of nitrogens with one attached hydrogen (secondary N) is 5. The number of benzene rings is 2. The van der Waals surface area contributed by atoms with Gasteiger partial charge in [-0.15, -0.1) is 0 Å². The molecule has 7 atom stereocenters. The molecule has 11 amide bonds. The van der Waals surface area contributed by atoms with Gasteiger partial charge in [-0.1, -0.05) is 82.3 Å². The molecule has 0 aromatic heterocycles. The van der Waals surface area contributed by atoms with Crippen LogP contribution in [0.4, 0.5) is 0 Å². The van der Waals surface area contributed by atoms with Crippen LogP contribution >= 0.6 is 21.6 Å². The Hall–Kier alpha value is -7.42. The molecule has 0 saturated carbocycles. The van der Waals surface area contributed by atoms with E-state index >= 15 is 0 Å². The molecule has 2 aromatic carbocycles. The van der Waals surface area contributed by atoms with Crippen molar-refractivity contribution in [3.8, 4) is 0 Å². The zero-order valence-electron chi connectivity index (χ0n) is 41.3. The van der Waals surface area contributed by atoms with Crippen LogP contribution in [0.1, 0.15) is 62.5 Å². The van der Waals surface area contributed by atoms with E-state index in [1.165, 1.54) is 25.5 Å². The van der Waals surface area contributed by atoms with E-state index < -0.39 is 121 Å². The molecule has 406 valence electrons. The van der Waals surface area contributed by atoms with E-state index in [0.717, 1.165) is 16.4 Å². The summed E-state index contributed by atoms with van der Waals surface area (Å²) in [6, 6.07) is 8.51. The number of likely N-dealkylation sites (tertiary alicyclic amines) is 1. The highest BCUT2D eigenvalue weighted by Gasteiger charge is 2.44. The number of primary amides is 3. The number of hydrogen-bond donors (Lipinski definition) is 10. The molecule has 27 heteroatoms. The van der Waals surface area contributed by atoms with Crippen LogP contribution in [-0.2, 0) is 65.6 Å². The average molecular weight is 1080 g/mol. The zero-order valence-corrected chi connectivity index (χ0v) is 43.0. The number of aliphatic imine (C=N–C) groups is 1. The summed E-state index contributed by atoms with van der Waals surface area (Å²) in [5.74, 6) is -8.78. The van der Waals surface area contributed by atoms with E-state index in [2.05, 4.69) is 31.6 Å². The van der Waals surface area contributed by atoms with Gasteiger partial charge in [0.25, 0.3) is 0 Å². The van der Waals surface area contributed by atoms with E-state index in [1.54, 1.807) is 42.5 Å². The summed E-state index contributed by atoms with van der Waals surface area (Å²) < 4.78 is 0. The first kappa shape index (κ1) is 58.5. The molecule has 2 bridgehead atoms. The number of hydrogen-bond acceptors (Lipinski definition) is 14. The third-order valence-electron chi connectivity index (χ3n) is 12.6. The minimum atomic E-state index is -1.75. The summed E-state index contributed by atoms with van der Waals surface area (Å²) >= 11 is 0. The molecule has 4 saturated heterocycles. The molecule has 6 rings (SSSR count). The SMILES string of the molecule is NC(=O)CC[C@@H]1NC(=O)[C@H](Cc2ccccc2)N2CCN(C(=O)CCSSC[C@H](C(=O)N3CCC[C@H]3C(=O)N[C@@H](CCCN=C(N)N)C(=O)NCC(N)=O)NC(=O)[C@H](CC(N)=O)NC1=O)[C@@H](Cc1ccccc1)C2=O. The molecule has 75 heavy (non-hydrogen) atoms. The highest BCUT2D eigenvalue weighted by molar-refractivity contribution is 8.76. The number of amides is 11. The van der Waals surface area contributed by atoms with Gasteiger partial charge in [-0.2, -0.15) is 0 Å². The van der Waals surface area contributed by atoms with Gasteiger partial charge in [0.1, 0.15) is 42.3 Å². The van der Waals surface area contributed by atoms with Gasteiger partial charge in [0, 0.05) is 63.4 Å².